The molecule has 4 heterocycles. The van der Waals surface area contributed by atoms with Crippen LogP contribution in [0.2, 0.25) is 0 Å². The topological polar surface area (TPSA) is 162 Å². The van der Waals surface area contributed by atoms with Crippen LogP contribution in [0.4, 0.5) is 0 Å². The molecule has 12 heteroatoms. The predicted molar refractivity (Wildman–Crippen MR) is 60.1 cm³/mol. The monoisotopic (exact) mass is 265 g/mol. The van der Waals surface area contributed by atoms with Gasteiger partial charge in [-0.1, -0.05) is 11.3 Å². The molecule has 1 aromatic carbocycles. The number of aromatic nitrogens is 3. The molecule has 5 rings (SSSR count). The molecule has 0 saturated heterocycles. The number of nitrogens with zero attached hydrogens (tertiary/aromatic N) is 9. The molecule has 0 spiro atoms. The van der Waals surface area contributed by atoms with Crippen LogP contribution >= 0.6 is 0 Å². The van der Waals surface area contributed by atoms with Crippen molar-refractivity contribution in [3.05, 3.63) is 39.1 Å². The highest BCUT2D eigenvalue weighted by Gasteiger charge is 2.13. The van der Waals surface area contributed by atoms with Crippen molar-refractivity contribution < 1.29 is 8.42 Å². The van der Waals surface area contributed by atoms with E-state index in [9.17, 15) is 8.42 Å². The SMILES string of the molecule is [N-]=[N+]=NS(=O)(=O)N=[N+]=[N-].c1cc2c3nnn2c3c1. The Balaban J connectivity index is 0.000000134. The molecule has 0 aliphatic carbocycles. The van der Waals surface area contributed by atoms with E-state index in [4.69, 9.17) is 11.1 Å². The Hall–Kier alpha value is -2.81. The Labute approximate surface area is 98.7 Å². The third-order valence-electron chi connectivity index (χ3n) is 1.96. The molecule has 0 fully saturated rings. The van der Waals surface area contributed by atoms with Gasteiger partial charge in [0.1, 0.15) is 5.52 Å². The standard InChI is InChI=1S/C6H3N3.N6O2S/c1-2-4-6-5(3-1)9(4)8-7-6;1-3-5-9(7,8)6-4-2/h1-3H;. The van der Waals surface area contributed by atoms with Gasteiger partial charge in [-0.15, -0.1) is 5.10 Å². The first-order valence-corrected chi connectivity index (χ1v) is 5.71. The summed E-state index contributed by atoms with van der Waals surface area (Å²) in [5.74, 6) is 0. The molecule has 0 radical (unpaired) electrons. The fraction of sp³-hybridized carbons (Fsp3) is 0. The summed E-state index contributed by atoms with van der Waals surface area (Å²) < 4.78 is 26.2. The largest absolute Gasteiger partial charge is 0.321 e. The average molecular weight is 265 g/mol. The van der Waals surface area contributed by atoms with Crippen LogP contribution in [0.25, 0.3) is 37.4 Å². The van der Waals surface area contributed by atoms with Crippen molar-refractivity contribution in [3.63, 3.8) is 0 Å². The van der Waals surface area contributed by atoms with E-state index in [2.05, 4.69) is 19.4 Å². The molecule has 0 aliphatic rings. The first-order valence-electron chi connectivity index (χ1n) is 4.31. The van der Waals surface area contributed by atoms with Crippen LogP contribution in [-0.4, -0.2) is 23.2 Å². The minimum Gasteiger partial charge on any atom is -0.213 e. The second-order valence-corrected chi connectivity index (χ2v) is 4.16. The van der Waals surface area contributed by atoms with Crippen molar-refractivity contribution in [2.75, 3.05) is 0 Å². The minimum absolute atomic E-state index is 1.05. The van der Waals surface area contributed by atoms with Crippen molar-refractivity contribution in [2.24, 2.45) is 9.04 Å². The molecule has 5 aromatic rings. The molecular weight excluding hydrogens is 262 g/mol. The highest BCUT2D eigenvalue weighted by Crippen LogP contribution is 2.24. The maximum atomic E-state index is 9.99. The van der Waals surface area contributed by atoms with E-state index >= 15 is 0 Å². The zero-order valence-corrected chi connectivity index (χ0v) is 9.30. The van der Waals surface area contributed by atoms with Crippen LogP contribution in [0.15, 0.2) is 27.2 Å². The third-order valence-corrected chi connectivity index (χ3v) is 2.52. The highest BCUT2D eigenvalue weighted by atomic mass is 32.2. The fourth-order valence-electron chi connectivity index (χ4n) is 1.34. The van der Waals surface area contributed by atoms with Gasteiger partial charge in [0.15, 0.2) is 0 Å². The summed E-state index contributed by atoms with van der Waals surface area (Å²) in [5, 5.41) is 7.77. The first-order chi connectivity index (χ1) is 8.59. The van der Waals surface area contributed by atoms with Gasteiger partial charge in [0.2, 0.25) is 0 Å². The van der Waals surface area contributed by atoms with Crippen molar-refractivity contribution in [3.8, 4) is 0 Å². The minimum atomic E-state index is -4.27. The summed E-state index contributed by atoms with van der Waals surface area (Å²) in [6.07, 6.45) is 0. The zero-order chi connectivity index (χ0) is 13.2. The van der Waals surface area contributed by atoms with Gasteiger partial charge >= 0.3 is 10.2 Å². The molecule has 0 amide bonds. The van der Waals surface area contributed by atoms with E-state index in [0.717, 1.165) is 16.6 Å². The molecule has 90 valence electrons. The average Bonchev–Trinajstić information content (AvgIpc) is 2.93. The van der Waals surface area contributed by atoms with Gasteiger partial charge in [-0.25, -0.2) is 12.9 Å². The number of benzene rings is 1. The van der Waals surface area contributed by atoms with Crippen molar-refractivity contribution in [2.45, 2.75) is 0 Å². The van der Waals surface area contributed by atoms with E-state index in [0.29, 0.717) is 0 Å². The molecule has 0 N–H and O–H groups in total. The van der Waals surface area contributed by atoms with E-state index in [1.54, 1.807) is 0 Å². The Morgan fingerprint density at radius 2 is 1.72 bits per heavy atom. The molecule has 0 aliphatic heterocycles. The van der Waals surface area contributed by atoms with Crippen molar-refractivity contribution in [1.82, 2.24) is 14.8 Å². The van der Waals surface area contributed by atoms with Crippen LogP contribution < -0.4 is 0 Å². The van der Waals surface area contributed by atoms with Gasteiger partial charge < -0.3 is 0 Å². The van der Waals surface area contributed by atoms with E-state index in [1.807, 2.05) is 32.5 Å². The zero-order valence-electron chi connectivity index (χ0n) is 8.48. The number of rotatable bonds is 2. The molecule has 0 atom stereocenters. The lowest BCUT2D eigenvalue weighted by atomic mass is 10.2. The number of fused-ring (bicyclic) bond motifs is 3. The summed E-state index contributed by atoms with van der Waals surface area (Å²) in [6.45, 7) is 0. The second-order valence-electron chi connectivity index (χ2n) is 2.94. The maximum absolute atomic E-state index is 9.99. The lowest BCUT2D eigenvalue weighted by Gasteiger charge is -2.00. The smallest absolute Gasteiger partial charge is 0.213 e. The van der Waals surface area contributed by atoms with Gasteiger partial charge in [-0.05, 0) is 23.2 Å². The number of pyridine rings is 1. The van der Waals surface area contributed by atoms with Crippen molar-refractivity contribution in [1.29, 1.82) is 0 Å². The number of hydrogen-bond acceptors (Lipinski definition) is 4. The lowest BCUT2D eigenvalue weighted by molar-refractivity contribution is 0.599. The summed E-state index contributed by atoms with van der Waals surface area (Å²) in [4.78, 5) is 3.80. The normalized spacial score (nSPS) is 10.7. The summed E-state index contributed by atoms with van der Waals surface area (Å²) in [7, 11) is -4.27. The summed E-state index contributed by atoms with van der Waals surface area (Å²) in [6, 6.07) is 6.05. The Kier molecular flexibility index (Phi) is 2.73. The molecule has 4 aromatic heterocycles. The molecule has 18 heavy (non-hydrogen) atoms. The maximum Gasteiger partial charge on any atom is 0.321 e. The summed E-state index contributed by atoms with van der Waals surface area (Å²) >= 11 is 0. The molecule has 0 unspecified atom stereocenters. The Morgan fingerprint density at radius 3 is 2.06 bits per heavy atom. The lowest BCUT2D eigenvalue weighted by Crippen LogP contribution is -1.91. The first kappa shape index (κ1) is 11.7. The number of hydrogen-bond donors (Lipinski definition) is 0. The quantitative estimate of drug-likeness (QED) is 0.390. The van der Waals surface area contributed by atoms with Gasteiger partial charge in [0, 0.05) is 18.9 Å². The van der Waals surface area contributed by atoms with Gasteiger partial charge in [0.25, 0.3) is 0 Å². The van der Waals surface area contributed by atoms with Gasteiger partial charge in [0.05, 0.1) is 11.0 Å². The van der Waals surface area contributed by atoms with Crippen LogP contribution in [0, 0.1) is 0 Å². The fourth-order valence-corrected chi connectivity index (χ4v) is 1.55. The Bertz CT molecular complexity index is 761. The molecule has 0 saturated carbocycles. The van der Waals surface area contributed by atoms with E-state index < -0.39 is 10.2 Å². The highest BCUT2D eigenvalue weighted by molar-refractivity contribution is 7.88. The van der Waals surface area contributed by atoms with Crippen LogP contribution in [-0.2, 0) is 10.2 Å². The Morgan fingerprint density at radius 1 is 1.17 bits per heavy atom. The molecule has 4 bridgehead atoms. The van der Waals surface area contributed by atoms with E-state index in [1.165, 1.54) is 0 Å². The second kappa shape index (κ2) is 4.22. The van der Waals surface area contributed by atoms with Gasteiger partial charge in [-0.2, -0.15) is 0 Å². The third kappa shape index (κ3) is 1.89. The molecular formula is C6H3N9O2S. The number of azide groups is 1. The van der Waals surface area contributed by atoms with E-state index in [-0.39, 0.29) is 0 Å². The van der Waals surface area contributed by atoms with Crippen LogP contribution in [0.1, 0.15) is 0 Å². The molecule has 11 nitrogen and oxygen atoms in total. The predicted octanol–water partition coefficient (Wildman–Crippen LogP) is 1.61. The van der Waals surface area contributed by atoms with Gasteiger partial charge in [-0.3, -0.25) is 0 Å². The summed E-state index contributed by atoms with van der Waals surface area (Å²) in [5.41, 5.74) is 18.4. The van der Waals surface area contributed by atoms with Crippen LogP contribution in [0.5, 0.6) is 0 Å². The van der Waals surface area contributed by atoms with Crippen molar-refractivity contribution >= 4 is 26.8 Å². The van der Waals surface area contributed by atoms with Crippen LogP contribution in [0.3, 0.4) is 0 Å².